The fourth-order valence-corrected chi connectivity index (χ4v) is 3.16. The first kappa shape index (κ1) is 21.1. The molecule has 1 amide bonds. The highest BCUT2D eigenvalue weighted by molar-refractivity contribution is 5.93. The number of hydrogen-bond acceptors (Lipinski definition) is 5. The van der Waals surface area contributed by atoms with Crippen molar-refractivity contribution in [3.8, 4) is 5.75 Å². The molecule has 2 heterocycles. The first-order valence-electron chi connectivity index (χ1n) is 9.15. The van der Waals surface area contributed by atoms with E-state index in [2.05, 4.69) is 15.2 Å². The second kappa shape index (κ2) is 9.23. The third-order valence-corrected chi connectivity index (χ3v) is 4.76. The lowest BCUT2D eigenvalue weighted by atomic mass is 10.0. The maximum atomic E-state index is 12.6. The predicted octanol–water partition coefficient (Wildman–Crippen LogP) is 2.91. The van der Waals surface area contributed by atoms with E-state index in [-0.39, 0.29) is 11.6 Å². The van der Waals surface area contributed by atoms with Crippen LogP contribution >= 0.6 is 0 Å². The highest BCUT2D eigenvalue weighted by Gasteiger charge is 2.32. The lowest BCUT2D eigenvalue weighted by Crippen LogP contribution is -2.43. The number of nitrogens with zero attached hydrogens (tertiary/aromatic N) is 2. The van der Waals surface area contributed by atoms with Gasteiger partial charge in [-0.05, 0) is 29.8 Å². The van der Waals surface area contributed by atoms with Crippen LogP contribution in [-0.4, -0.2) is 55.7 Å². The third-order valence-electron chi connectivity index (χ3n) is 4.76. The number of rotatable bonds is 6. The maximum Gasteiger partial charge on any atom is 0.433 e. The Morgan fingerprint density at radius 1 is 1.21 bits per heavy atom. The summed E-state index contributed by atoms with van der Waals surface area (Å²) < 4.78 is 48.5. The zero-order valence-corrected chi connectivity index (χ0v) is 15.9. The average Bonchev–Trinajstić information content (AvgIpc) is 2.74. The Morgan fingerprint density at radius 3 is 2.45 bits per heavy atom. The molecule has 1 atom stereocenters. The molecule has 0 bridgehead atoms. The molecule has 9 heteroatoms. The minimum atomic E-state index is -4.54. The van der Waals surface area contributed by atoms with Crippen LogP contribution in [0.25, 0.3) is 0 Å². The monoisotopic (exact) mass is 409 g/mol. The van der Waals surface area contributed by atoms with E-state index in [1.165, 1.54) is 0 Å². The molecule has 1 aliphatic heterocycles. The quantitative estimate of drug-likeness (QED) is 0.795. The van der Waals surface area contributed by atoms with E-state index in [9.17, 15) is 18.0 Å². The van der Waals surface area contributed by atoms with Crippen LogP contribution in [0, 0.1) is 0 Å². The molecule has 1 saturated heterocycles. The summed E-state index contributed by atoms with van der Waals surface area (Å²) in [6.45, 7) is 2.93. The Kier molecular flexibility index (Phi) is 6.71. The van der Waals surface area contributed by atoms with Crippen molar-refractivity contribution in [3.05, 3.63) is 59.4 Å². The smallest absolute Gasteiger partial charge is 0.433 e. The van der Waals surface area contributed by atoms with Gasteiger partial charge in [-0.25, -0.2) is 0 Å². The van der Waals surface area contributed by atoms with Gasteiger partial charge in [-0.1, -0.05) is 12.1 Å². The molecule has 1 aliphatic rings. The summed E-state index contributed by atoms with van der Waals surface area (Å²) in [5, 5.41) is 2.81. The molecule has 2 aromatic rings. The van der Waals surface area contributed by atoms with Crippen molar-refractivity contribution in [3.63, 3.8) is 0 Å². The van der Waals surface area contributed by atoms with Crippen LogP contribution in [-0.2, 0) is 10.9 Å². The largest absolute Gasteiger partial charge is 0.497 e. The zero-order chi connectivity index (χ0) is 20.9. The normalized spacial score (nSPS) is 16.3. The maximum absolute atomic E-state index is 12.6. The Hall–Kier alpha value is -2.65. The van der Waals surface area contributed by atoms with Gasteiger partial charge in [-0.2, -0.15) is 13.2 Å². The van der Waals surface area contributed by atoms with Gasteiger partial charge in [0.25, 0.3) is 5.91 Å². The van der Waals surface area contributed by atoms with Crippen LogP contribution in [0.4, 0.5) is 13.2 Å². The van der Waals surface area contributed by atoms with Crippen molar-refractivity contribution in [1.82, 2.24) is 15.2 Å². The number of alkyl halides is 3. The number of morpholine rings is 1. The first-order valence-corrected chi connectivity index (χ1v) is 9.15. The Labute approximate surface area is 166 Å². The van der Waals surface area contributed by atoms with Crippen LogP contribution in [0.1, 0.15) is 27.7 Å². The lowest BCUT2D eigenvalue weighted by molar-refractivity contribution is -0.141. The number of carbonyl (C=O) groups excluding carboxylic acids is 1. The van der Waals surface area contributed by atoms with Gasteiger partial charge in [-0.3, -0.25) is 14.7 Å². The number of carbonyl (C=O) groups is 1. The Balaban J connectivity index is 1.70. The molecule has 0 radical (unpaired) electrons. The fourth-order valence-electron chi connectivity index (χ4n) is 3.16. The van der Waals surface area contributed by atoms with Crippen molar-refractivity contribution >= 4 is 5.91 Å². The molecule has 1 N–H and O–H groups in total. The number of aromatic nitrogens is 1. The van der Waals surface area contributed by atoms with Gasteiger partial charge in [0.05, 0.1) is 31.9 Å². The molecule has 6 nitrogen and oxygen atoms in total. The minimum Gasteiger partial charge on any atom is -0.497 e. The summed E-state index contributed by atoms with van der Waals surface area (Å²) >= 11 is 0. The van der Waals surface area contributed by atoms with Crippen LogP contribution in [0.2, 0.25) is 0 Å². The number of ether oxygens (including phenoxy) is 2. The van der Waals surface area contributed by atoms with Crippen LogP contribution < -0.4 is 10.1 Å². The average molecular weight is 409 g/mol. The van der Waals surface area contributed by atoms with Crippen molar-refractivity contribution in [2.24, 2.45) is 0 Å². The van der Waals surface area contributed by atoms with E-state index in [4.69, 9.17) is 9.47 Å². The molecule has 0 unspecified atom stereocenters. The number of amides is 1. The molecule has 156 valence electrons. The van der Waals surface area contributed by atoms with Crippen LogP contribution in [0.5, 0.6) is 5.75 Å². The summed E-state index contributed by atoms with van der Waals surface area (Å²) in [5.74, 6) is 0.257. The molecule has 0 aliphatic carbocycles. The lowest BCUT2D eigenvalue weighted by Gasteiger charge is -2.35. The number of pyridine rings is 1. The van der Waals surface area contributed by atoms with E-state index in [1.807, 2.05) is 24.3 Å². The van der Waals surface area contributed by atoms with E-state index in [0.717, 1.165) is 29.6 Å². The molecular formula is C20H22F3N3O3. The van der Waals surface area contributed by atoms with Crippen LogP contribution in [0.15, 0.2) is 42.6 Å². The van der Waals surface area contributed by atoms with Crippen molar-refractivity contribution < 1.29 is 27.4 Å². The van der Waals surface area contributed by atoms with Gasteiger partial charge in [0, 0.05) is 25.8 Å². The molecule has 3 rings (SSSR count). The Bertz CT molecular complexity index is 804. The Morgan fingerprint density at radius 2 is 1.90 bits per heavy atom. The molecular weight excluding hydrogens is 387 g/mol. The SMILES string of the molecule is COc1ccc([C@@H](CNC(=O)c2ccc(C(F)(F)F)nc2)N2CCOCC2)cc1. The molecule has 0 saturated carbocycles. The molecule has 0 spiro atoms. The van der Waals surface area contributed by atoms with Gasteiger partial charge in [0.2, 0.25) is 0 Å². The molecule has 1 aromatic heterocycles. The highest BCUT2D eigenvalue weighted by atomic mass is 19.4. The molecule has 1 fully saturated rings. The van der Waals surface area contributed by atoms with Gasteiger partial charge in [0.1, 0.15) is 11.4 Å². The second-order valence-corrected chi connectivity index (χ2v) is 6.58. The van der Waals surface area contributed by atoms with E-state index in [0.29, 0.717) is 32.8 Å². The summed E-state index contributed by atoms with van der Waals surface area (Å²) in [5.41, 5.74) is 0.0467. The predicted molar refractivity (Wildman–Crippen MR) is 99.7 cm³/mol. The van der Waals surface area contributed by atoms with Crippen molar-refractivity contribution in [2.75, 3.05) is 40.0 Å². The van der Waals surface area contributed by atoms with E-state index in [1.54, 1.807) is 7.11 Å². The number of methoxy groups -OCH3 is 1. The third kappa shape index (κ3) is 5.45. The van der Waals surface area contributed by atoms with Gasteiger partial charge in [-0.15, -0.1) is 0 Å². The topological polar surface area (TPSA) is 63.7 Å². The summed E-state index contributed by atoms with van der Waals surface area (Å²) in [6, 6.07) is 9.40. The van der Waals surface area contributed by atoms with Gasteiger partial charge in [0.15, 0.2) is 0 Å². The second-order valence-electron chi connectivity index (χ2n) is 6.58. The van der Waals surface area contributed by atoms with Crippen LogP contribution in [0.3, 0.4) is 0 Å². The minimum absolute atomic E-state index is 0.0773. The van der Waals surface area contributed by atoms with Crippen molar-refractivity contribution in [2.45, 2.75) is 12.2 Å². The highest BCUT2D eigenvalue weighted by Crippen LogP contribution is 2.27. The number of nitrogens with one attached hydrogen (secondary N) is 1. The van der Waals surface area contributed by atoms with E-state index >= 15 is 0 Å². The zero-order valence-electron chi connectivity index (χ0n) is 15.9. The molecule has 1 aromatic carbocycles. The fraction of sp³-hybridized carbons (Fsp3) is 0.400. The molecule has 29 heavy (non-hydrogen) atoms. The van der Waals surface area contributed by atoms with Gasteiger partial charge < -0.3 is 14.8 Å². The number of benzene rings is 1. The summed E-state index contributed by atoms with van der Waals surface area (Å²) in [4.78, 5) is 18.0. The standard InChI is InChI=1S/C20H22F3N3O3/c1-28-16-5-2-14(3-6-16)17(26-8-10-29-11-9-26)13-25-19(27)15-4-7-18(24-12-15)20(21,22)23/h2-7,12,17H,8-11,13H2,1H3,(H,25,27)/t17-/m1/s1. The first-order chi connectivity index (χ1) is 13.9. The summed E-state index contributed by atoms with van der Waals surface area (Å²) in [7, 11) is 1.59. The summed E-state index contributed by atoms with van der Waals surface area (Å²) in [6.07, 6.45) is -3.60. The van der Waals surface area contributed by atoms with Crippen molar-refractivity contribution in [1.29, 1.82) is 0 Å². The number of hydrogen-bond donors (Lipinski definition) is 1. The number of halogens is 3. The van der Waals surface area contributed by atoms with E-state index < -0.39 is 17.8 Å². The van der Waals surface area contributed by atoms with Gasteiger partial charge >= 0.3 is 6.18 Å².